The molecule has 0 aromatic heterocycles. The highest BCUT2D eigenvalue weighted by Crippen LogP contribution is 2.33. The number of carboxylic acids is 1. The van der Waals surface area contributed by atoms with E-state index >= 15 is 0 Å². The second-order valence-corrected chi connectivity index (χ2v) is 24.9. The summed E-state index contributed by atoms with van der Waals surface area (Å²) in [5.41, 5.74) is 4.83. The van der Waals surface area contributed by atoms with Crippen LogP contribution in [-0.4, -0.2) is 214 Å². The van der Waals surface area contributed by atoms with Crippen LogP contribution in [0.25, 0.3) is 0 Å². The Morgan fingerprint density at radius 2 is 0.722 bits per heavy atom. The highest BCUT2D eigenvalue weighted by Gasteiger charge is 2.50. The number of nitrogens with one attached hydrogen (secondary N) is 4. The van der Waals surface area contributed by atoms with Crippen molar-refractivity contribution in [2.75, 3.05) is 52.7 Å². The van der Waals surface area contributed by atoms with Crippen molar-refractivity contribution in [3.8, 4) is 0 Å². The van der Waals surface area contributed by atoms with Crippen LogP contribution in [0.1, 0.15) is 187 Å². The van der Waals surface area contributed by atoms with Gasteiger partial charge in [0.05, 0.1) is 0 Å². The van der Waals surface area contributed by atoms with Gasteiger partial charge in [-0.25, -0.2) is 4.79 Å². The minimum atomic E-state index is -0.949. The number of aliphatic carboxylic acids is 1. The predicted octanol–water partition coefficient (Wildman–Crippen LogP) is 3.87. The summed E-state index contributed by atoms with van der Waals surface area (Å²) in [5.74, 6) is -5.77. The highest BCUT2D eigenvalue weighted by atomic mass is 16.7. The van der Waals surface area contributed by atoms with Crippen molar-refractivity contribution in [2.24, 2.45) is 23.5 Å². The Morgan fingerprint density at radius 1 is 0.423 bits per heavy atom. The van der Waals surface area contributed by atoms with Crippen molar-refractivity contribution < 1.29 is 129 Å². The zero-order valence-corrected chi connectivity index (χ0v) is 59.1. The Morgan fingerprint density at radius 3 is 0.990 bits per heavy atom. The van der Waals surface area contributed by atoms with Crippen LogP contribution >= 0.6 is 0 Å². The van der Waals surface area contributed by atoms with Gasteiger partial charge in [-0.1, -0.05) is 20.8 Å². The van der Waals surface area contributed by atoms with Crippen molar-refractivity contribution in [3.63, 3.8) is 0 Å². The molecular formula is C65H109N5O27. The van der Waals surface area contributed by atoms with Gasteiger partial charge < -0.3 is 93.7 Å². The lowest BCUT2D eigenvalue weighted by Crippen LogP contribution is -2.63. The Labute approximate surface area is 568 Å². The molecule has 3 saturated heterocycles. The van der Waals surface area contributed by atoms with E-state index in [-0.39, 0.29) is 87.2 Å². The predicted molar refractivity (Wildman–Crippen MR) is 342 cm³/mol. The number of hydrogen-bond donors (Lipinski definition) is 6. The molecule has 3 rings (SSSR count). The molecule has 32 nitrogen and oxygen atoms in total. The normalized spacial score (nSPS) is 25.0. The number of rotatable bonds is 37. The maximum Gasteiger partial charge on any atom is 0.407 e. The van der Waals surface area contributed by atoms with E-state index in [1.807, 2.05) is 0 Å². The number of carbonyl (C=O) groups excluding carboxylic acids is 12. The monoisotopic (exact) mass is 1390 g/mol. The number of alkyl carbamates (subject to hydrolysis) is 1. The Kier molecular flexibility index (Phi) is 42.7. The lowest BCUT2D eigenvalue weighted by atomic mass is 9.89. The summed E-state index contributed by atoms with van der Waals surface area (Å²) in [5, 5.41) is 19.5. The van der Waals surface area contributed by atoms with Crippen molar-refractivity contribution in [1.82, 2.24) is 21.3 Å². The molecule has 0 radical (unpaired) electrons. The number of esters is 6. The van der Waals surface area contributed by atoms with Gasteiger partial charge in [-0.15, -0.1) is 0 Å². The Bertz CT molecular complexity index is 2510. The molecule has 0 spiro atoms. The van der Waals surface area contributed by atoms with E-state index < -0.39 is 133 Å². The standard InChI is InChI=1S/C26H44N2O10.C21H36N2O8.C18H29NO9/c1-16-21(15-35-18(3)30)37-24(22(28-17(2)29)23(16)36-19(4)31)34-14-9-8-11-20(32)12-10-13-27-25(33)38-26(5,6)7;1-13-18(12-29-15(3)25)31-21(19(23-14(2)24)20(13)30-16(4)26)28-11-6-5-8-17(27)9-7-10-22;1-10-14(9-26-12(3)21)28-18(25-8-6-5-7-15(23)24)16(19-11(2)20)17(10)27-13(4)22/h16,21-24H,8-15H2,1-7H3,(H,27,33)(H,28,29);13,18-21H,5-12,22H2,1-4H3,(H,23,24);10,14,16-18H,5-9H2,1-4H3,(H,19,20)(H,23,24)/t16-,21+,22+,23-,24+;13-,18+,19+,20-,21+;10-,14+,16+,17-,18+/m000/s1. The first-order valence-electron chi connectivity index (χ1n) is 32.9. The third-order valence-corrected chi connectivity index (χ3v) is 14.8. The first-order valence-corrected chi connectivity index (χ1v) is 32.9. The summed E-state index contributed by atoms with van der Waals surface area (Å²) >= 11 is 0. The average molecular weight is 1390 g/mol. The molecule has 97 heavy (non-hydrogen) atoms. The van der Waals surface area contributed by atoms with Crippen molar-refractivity contribution in [1.29, 1.82) is 0 Å². The van der Waals surface area contributed by atoms with Crippen LogP contribution in [0.5, 0.6) is 0 Å². The summed E-state index contributed by atoms with van der Waals surface area (Å²) in [6, 6.07) is -2.25. The number of hydrogen-bond acceptors (Lipinski definition) is 27. The van der Waals surface area contributed by atoms with Crippen LogP contribution in [0.2, 0.25) is 0 Å². The zero-order valence-electron chi connectivity index (χ0n) is 59.1. The summed E-state index contributed by atoms with van der Waals surface area (Å²) in [4.78, 5) is 150. The van der Waals surface area contributed by atoms with Gasteiger partial charge in [0.1, 0.15) is 91.7 Å². The van der Waals surface area contributed by atoms with Gasteiger partial charge >= 0.3 is 47.9 Å². The van der Waals surface area contributed by atoms with Gasteiger partial charge in [0.2, 0.25) is 17.7 Å². The number of ketones is 2. The first kappa shape index (κ1) is 88.0. The number of Topliss-reactive ketones (excluding diaryl/α,β-unsaturated/α-hetero) is 2. The van der Waals surface area contributed by atoms with E-state index in [1.165, 1.54) is 62.3 Å². The highest BCUT2D eigenvalue weighted by molar-refractivity contribution is 5.79. The molecule has 0 aromatic rings. The van der Waals surface area contributed by atoms with Crippen molar-refractivity contribution in [2.45, 2.75) is 267 Å². The fraction of sp³-hybridized carbons (Fsp3) is 0.800. The number of carbonyl (C=O) groups is 13. The second kappa shape index (κ2) is 47.1. The molecule has 3 fully saturated rings. The van der Waals surface area contributed by atoms with Crippen LogP contribution in [0, 0.1) is 17.8 Å². The molecule has 556 valence electrons. The van der Waals surface area contributed by atoms with E-state index in [2.05, 4.69) is 21.3 Å². The summed E-state index contributed by atoms with van der Waals surface area (Å²) < 4.78 is 72.0. The number of amides is 4. The number of nitrogens with two attached hydrogens (primary N) is 1. The van der Waals surface area contributed by atoms with E-state index in [0.717, 1.165) is 0 Å². The molecule has 3 aliphatic heterocycles. The lowest BCUT2D eigenvalue weighted by molar-refractivity contribution is -0.260. The molecule has 3 aliphatic rings. The van der Waals surface area contributed by atoms with Gasteiger partial charge in [0.25, 0.3) is 0 Å². The molecule has 3 heterocycles. The SMILES string of the molecule is CC(=O)N[C@H]1[C@H](OCCCCC(=O)CCCN)O[C@H](COC(C)=O)[C@H](C)[C@@H]1OC(C)=O.CC(=O)N[C@H]1[C@H](OCCCCC(=O)CCCNC(=O)OC(C)(C)C)O[C@H](COC(C)=O)[C@H](C)[C@@H]1OC(C)=O.CC(=O)N[C@H]1[C@H](OCCCCC(=O)O)O[C@H](COC(C)=O)[C@H](C)[C@@H]1OC(C)=O. The van der Waals surface area contributed by atoms with Crippen molar-refractivity contribution in [3.05, 3.63) is 0 Å². The van der Waals surface area contributed by atoms with Crippen LogP contribution in [-0.2, 0) is 119 Å². The molecule has 32 heteroatoms. The molecule has 0 saturated carbocycles. The van der Waals surface area contributed by atoms with Gasteiger partial charge in [0, 0.05) is 139 Å². The molecule has 15 atom stereocenters. The maximum atomic E-state index is 12.2. The van der Waals surface area contributed by atoms with Gasteiger partial charge in [0.15, 0.2) is 18.9 Å². The summed E-state index contributed by atoms with van der Waals surface area (Å²) in [7, 11) is 0. The number of ether oxygens (including phenoxy) is 13. The van der Waals surface area contributed by atoms with Gasteiger partial charge in [-0.2, -0.15) is 0 Å². The lowest BCUT2D eigenvalue weighted by Gasteiger charge is -2.44. The fourth-order valence-corrected chi connectivity index (χ4v) is 10.3. The van der Waals surface area contributed by atoms with Crippen LogP contribution in [0.3, 0.4) is 0 Å². The number of unbranched alkanes of at least 4 members (excludes halogenated alkanes) is 3. The first-order chi connectivity index (χ1) is 45.5. The van der Waals surface area contributed by atoms with E-state index in [1.54, 1.807) is 41.5 Å². The van der Waals surface area contributed by atoms with Crippen molar-refractivity contribution >= 4 is 77.2 Å². The third-order valence-electron chi connectivity index (χ3n) is 14.8. The number of carboxylic acid groups (broad SMARTS) is 1. The molecule has 7 N–H and O–H groups in total. The fourth-order valence-electron chi connectivity index (χ4n) is 10.3. The summed E-state index contributed by atoms with van der Waals surface area (Å²) in [6.45, 7) is 23.8. The second-order valence-electron chi connectivity index (χ2n) is 24.9. The molecule has 4 amide bonds. The van der Waals surface area contributed by atoms with Crippen LogP contribution < -0.4 is 27.0 Å². The van der Waals surface area contributed by atoms with Crippen LogP contribution in [0.15, 0.2) is 0 Å². The zero-order chi connectivity index (χ0) is 73.5. The van der Waals surface area contributed by atoms with Gasteiger partial charge in [-0.05, 0) is 78.7 Å². The molecule has 0 aliphatic carbocycles. The smallest absolute Gasteiger partial charge is 0.407 e. The molecule has 0 bridgehead atoms. The average Bonchev–Trinajstić information content (AvgIpc) is 0.815. The molecule has 0 aromatic carbocycles. The third kappa shape index (κ3) is 38.7. The van der Waals surface area contributed by atoms with Gasteiger partial charge in [-0.3, -0.25) is 57.5 Å². The summed E-state index contributed by atoms with van der Waals surface area (Å²) in [6.07, 6.45) is -1.20. The Hall–Kier alpha value is -6.97. The minimum Gasteiger partial charge on any atom is -0.481 e. The topological polar surface area (TPSA) is 436 Å². The molecule has 0 unspecified atom stereocenters. The quantitative estimate of drug-likeness (QED) is 0.0292. The van der Waals surface area contributed by atoms with E-state index in [0.29, 0.717) is 90.1 Å². The maximum absolute atomic E-state index is 12.2. The van der Waals surface area contributed by atoms with E-state index in [4.69, 9.17) is 72.4 Å². The Balaban J connectivity index is 0.000000737. The van der Waals surface area contributed by atoms with E-state index in [9.17, 15) is 62.3 Å². The molecular weight excluding hydrogens is 1280 g/mol. The minimum absolute atomic E-state index is 0.0200. The van der Waals surface area contributed by atoms with Crippen LogP contribution in [0.4, 0.5) is 4.79 Å². The largest absolute Gasteiger partial charge is 0.481 e.